The molecule has 0 aliphatic heterocycles. The number of carbonyl (C=O) groups is 1. The van der Waals surface area contributed by atoms with E-state index in [1.54, 1.807) is 45.0 Å². The van der Waals surface area contributed by atoms with Gasteiger partial charge in [0.05, 0.1) is 10.8 Å². The number of thiocarbonyl (C=S) groups is 1. The van der Waals surface area contributed by atoms with Crippen LogP contribution in [0.4, 0.5) is 10.5 Å². The van der Waals surface area contributed by atoms with E-state index in [4.69, 9.17) is 4.74 Å². The van der Waals surface area contributed by atoms with Crippen LogP contribution in [0.3, 0.4) is 0 Å². The van der Waals surface area contributed by atoms with Gasteiger partial charge in [0.25, 0.3) is 0 Å². The van der Waals surface area contributed by atoms with Gasteiger partial charge in [-0.15, -0.1) is 0 Å². The molecular formula is C15H20N2O4S. The highest BCUT2D eigenvalue weighted by Gasteiger charge is 2.21. The molecule has 0 aliphatic rings. The number of isothiocyanates is 1. The number of nitrogens with zero attached hydrogens (tertiary/aromatic N) is 1. The molecule has 2 unspecified atom stereocenters. The number of nitrogens with one attached hydrogen (secondary N) is 1. The Morgan fingerprint density at radius 1 is 1.45 bits per heavy atom. The van der Waals surface area contributed by atoms with E-state index < -0.39 is 23.9 Å². The second-order valence-electron chi connectivity index (χ2n) is 5.69. The normalized spacial score (nSPS) is 13.7. The highest BCUT2D eigenvalue weighted by atomic mass is 32.1. The van der Waals surface area contributed by atoms with Gasteiger partial charge in [-0.3, -0.25) is 0 Å². The lowest BCUT2D eigenvalue weighted by molar-refractivity contribution is 0.0129. The molecule has 2 atom stereocenters. The van der Waals surface area contributed by atoms with Gasteiger partial charge in [-0.05, 0) is 50.7 Å². The van der Waals surface area contributed by atoms with Crippen molar-refractivity contribution in [1.29, 1.82) is 0 Å². The molecule has 0 saturated carbocycles. The molecule has 120 valence electrons. The summed E-state index contributed by atoms with van der Waals surface area (Å²) in [4.78, 5) is 15.3. The summed E-state index contributed by atoms with van der Waals surface area (Å²) in [7, 11) is 0. The van der Waals surface area contributed by atoms with Crippen LogP contribution in [-0.2, 0) is 4.74 Å². The standard InChI is InChI=1S/C15H20N2O4S/c1-15(2,3)21-14(20)16-8-12(18)13(19)10-5-4-6-11(7-10)17-9-22/h4-7,12-13,18-19H,8H2,1-3H3,(H,16,20). The van der Waals surface area contributed by atoms with Crippen molar-refractivity contribution >= 4 is 29.2 Å². The molecule has 0 heterocycles. The van der Waals surface area contributed by atoms with E-state index in [1.807, 2.05) is 0 Å². The second-order valence-corrected chi connectivity index (χ2v) is 5.88. The zero-order valence-electron chi connectivity index (χ0n) is 12.7. The zero-order chi connectivity index (χ0) is 16.8. The van der Waals surface area contributed by atoms with Crippen molar-refractivity contribution in [3.63, 3.8) is 0 Å². The Kier molecular flexibility index (Phi) is 6.64. The van der Waals surface area contributed by atoms with Gasteiger partial charge >= 0.3 is 6.09 Å². The molecule has 3 N–H and O–H groups in total. The maximum atomic E-state index is 11.5. The van der Waals surface area contributed by atoms with Crippen molar-refractivity contribution in [2.45, 2.75) is 38.6 Å². The Balaban J connectivity index is 2.61. The molecular weight excluding hydrogens is 304 g/mol. The van der Waals surface area contributed by atoms with Crippen LogP contribution in [0.25, 0.3) is 0 Å². The number of alkyl carbamates (subject to hydrolysis) is 1. The van der Waals surface area contributed by atoms with Gasteiger partial charge in [0, 0.05) is 6.54 Å². The van der Waals surface area contributed by atoms with Gasteiger partial charge in [-0.25, -0.2) is 4.79 Å². The molecule has 22 heavy (non-hydrogen) atoms. The van der Waals surface area contributed by atoms with Gasteiger partial charge < -0.3 is 20.3 Å². The average Bonchev–Trinajstić information content (AvgIpc) is 2.43. The Bertz CT molecular complexity index is 565. The second kappa shape index (κ2) is 8.00. The first-order valence-electron chi connectivity index (χ1n) is 6.74. The van der Waals surface area contributed by atoms with Gasteiger partial charge in [0.2, 0.25) is 0 Å². The minimum Gasteiger partial charge on any atom is -0.444 e. The fraction of sp³-hybridized carbons (Fsp3) is 0.467. The predicted molar refractivity (Wildman–Crippen MR) is 86.3 cm³/mol. The van der Waals surface area contributed by atoms with E-state index in [9.17, 15) is 15.0 Å². The Hall–Kier alpha value is -1.79. The summed E-state index contributed by atoms with van der Waals surface area (Å²) in [5.74, 6) is 0. The van der Waals surface area contributed by atoms with Crippen LogP contribution in [-0.4, -0.2) is 39.7 Å². The van der Waals surface area contributed by atoms with Crippen molar-refractivity contribution in [2.24, 2.45) is 4.99 Å². The number of hydrogen-bond donors (Lipinski definition) is 3. The van der Waals surface area contributed by atoms with Crippen molar-refractivity contribution < 1.29 is 19.7 Å². The van der Waals surface area contributed by atoms with Gasteiger partial charge in [-0.2, -0.15) is 4.99 Å². The molecule has 7 heteroatoms. The molecule has 0 aromatic heterocycles. The lowest BCUT2D eigenvalue weighted by atomic mass is 10.0. The third-order valence-corrected chi connectivity index (χ3v) is 2.70. The third kappa shape index (κ3) is 6.32. The maximum absolute atomic E-state index is 11.5. The molecule has 0 spiro atoms. The summed E-state index contributed by atoms with van der Waals surface area (Å²) >= 11 is 4.52. The van der Waals surface area contributed by atoms with Crippen molar-refractivity contribution in [2.75, 3.05) is 6.54 Å². The largest absolute Gasteiger partial charge is 0.444 e. The van der Waals surface area contributed by atoms with Gasteiger partial charge in [-0.1, -0.05) is 12.1 Å². The zero-order valence-corrected chi connectivity index (χ0v) is 13.6. The summed E-state index contributed by atoms with van der Waals surface area (Å²) in [6, 6.07) is 6.60. The minimum absolute atomic E-state index is 0.142. The molecule has 6 nitrogen and oxygen atoms in total. The molecule has 0 aliphatic carbocycles. The highest BCUT2D eigenvalue weighted by Crippen LogP contribution is 2.21. The minimum atomic E-state index is -1.18. The van der Waals surface area contributed by atoms with E-state index in [1.165, 1.54) is 0 Å². The fourth-order valence-electron chi connectivity index (χ4n) is 1.67. The van der Waals surface area contributed by atoms with Gasteiger partial charge in [0.1, 0.15) is 17.8 Å². The lowest BCUT2D eigenvalue weighted by Crippen LogP contribution is -2.38. The van der Waals surface area contributed by atoms with E-state index in [2.05, 4.69) is 27.7 Å². The third-order valence-electron chi connectivity index (χ3n) is 2.61. The Morgan fingerprint density at radius 2 is 2.14 bits per heavy atom. The number of aliphatic hydroxyl groups excluding tert-OH is 2. The maximum Gasteiger partial charge on any atom is 0.407 e. The molecule has 0 fully saturated rings. The molecule has 1 rings (SSSR count). The summed E-state index contributed by atoms with van der Waals surface area (Å²) < 4.78 is 5.05. The van der Waals surface area contributed by atoms with E-state index >= 15 is 0 Å². The molecule has 1 aromatic rings. The quantitative estimate of drug-likeness (QED) is 0.571. The first-order chi connectivity index (χ1) is 10.2. The Morgan fingerprint density at radius 3 is 2.73 bits per heavy atom. The number of aliphatic imine (C=N–C) groups is 1. The van der Waals surface area contributed by atoms with Crippen molar-refractivity contribution in [3.05, 3.63) is 29.8 Å². The van der Waals surface area contributed by atoms with Crippen LogP contribution in [0, 0.1) is 0 Å². The molecule has 0 radical (unpaired) electrons. The molecule has 0 saturated heterocycles. The van der Waals surface area contributed by atoms with Crippen LogP contribution < -0.4 is 5.32 Å². The monoisotopic (exact) mass is 324 g/mol. The summed E-state index contributed by atoms with van der Waals surface area (Å²) in [6.45, 7) is 5.07. The number of benzene rings is 1. The van der Waals surface area contributed by atoms with E-state index in [0.29, 0.717) is 11.3 Å². The summed E-state index contributed by atoms with van der Waals surface area (Å²) in [5.41, 5.74) is 0.365. The van der Waals surface area contributed by atoms with Crippen LogP contribution >= 0.6 is 12.2 Å². The van der Waals surface area contributed by atoms with E-state index in [0.717, 1.165) is 0 Å². The lowest BCUT2D eigenvalue weighted by Gasteiger charge is -2.22. The first-order valence-corrected chi connectivity index (χ1v) is 7.14. The average molecular weight is 324 g/mol. The van der Waals surface area contributed by atoms with Crippen LogP contribution in [0.5, 0.6) is 0 Å². The smallest absolute Gasteiger partial charge is 0.407 e. The molecule has 1 amide bonds. The highest BCUT2D eigenvalue weighted by molar-refractivity contribution is 7.78. The number of aliphatic hydroxyl groups is 2. The topological polar surface area (TPSA) is 91.2 Å². The Labute approximate surface area is 134 Å². The molecule has 0 bridgehead atoms. The van der Waals surface area contributed by atoms with Gasteiger partial charge in [0.15, 0.2) is 0 Å². The molecule has 1 aromatic carbocycles. The van der Waals surface area contributed by atoms with Crippen LogP contribution in [0.1, 0.15) is 32.4 Å². The number of hydrogen-bond acceptors (Lipinski definition) is 6. The summed E-state index contributed by atoms with van der Waals surface area (Å²) in [5, 5.41) is 24.7. The predicted octanol–water partition coefficient (Wildman–Crippen LogP) is 2.34. The van der Waals surface area contributed by atoms with E-state index in [-0.39, 0.29) is 6.54 Å². The van der Waals surface area contributed by atoms with Crippen LogP contribution in [0.2, 0.25) is 0 Å². The number of amides is 1. The van der Waals surface area contributed by atoms with Crippen molar-refractivity contribution in [1.82, 2.24) is 5.32 Å². The fourth-order valence-corrected chi connectivity index (χ4v) is 1.77. The van der Waals surface area contributed by atoms with Crippen molar-refractivity contribution in [3.8, 4) is 0 Å². The van der Waals surface area contributed by atoms with Crippen LogP contribution in [0.15, 0.2) is 29.3 Å². The number of rotatable bonds is 5. The SMILES string of the molecule is CC(C)(C)OC(=O)NCC(O)C(O)c1cccc(N=C=S)c1. The number of carbonyl (C=O) groups excluding carboxylic acids is 1. The summed E-state index contributed by atoms with van der Waals surface area (Å²) in [6.07, 6.45) is -3.01. The number of ether oxygens (including phenoxy) is 1. The first kappa shape index (κ1) is 18.3.